The molecule has 0 heterocycles. The molecule has 0 fully saturated rings. The number of aromatic hydroxyl groups is 1. The quantitative estimate of drug-likeness (QED) is 0.0487. The number of nitrogens with zero attached hydrogens (tertiary/aromatic N) is 2. The third-order valence-corrected chi connectivity index (χ3v) is 17.8. The number of anilines is 2. The Hall–Kier alpha value is -5.81. The summed E-state index contributed by atoms with van der Waals surface area (Å²) in [4.78, 5) is 57.3. The number of ketones is 2. The fourth-order valence-corrected chi connectivity index (χ4v) is 14.9. The van der Waals surface area contributed by atoms with Crippen molar-refractivity contribution in [1.29, 1.82) is 0 Å². The second kappa shape index (κ2) is 16.7. The molecule has 3 aliphatic rings. The van der Waals surface area contributed by atoms with Gasteiger partial charge in [-0.25, -0.2) is 0 Å². The van der Waals surface area contributed by atoms with Gasteiger partial charge in [-0.05, 0) is 26.4 Å². The molecule has 3 aliphatic carbocycles. The molecule has 7 rings (SSSR count). The Balaban J connectivity index is 1.12. The van der Waals surface area contributed by atoms with Gasteiger partial charge in [0.1, 0.15) is 17.1 Å². The first-order valence-corrected chi connectivity index (χ1v) is 22.5. The topological polar surface area (TPSA) is 194 Å². The Morgan fingerprint density at radius 1 is 0.833 bits per heavy atom. The van der Waals surface area contributed by atoms with Gasteiger partial charge in [0.15, 0.2) is 5.60 Å². The molecule has 4 aromatic carbocycles. The van der Waals surface area contributed by atoms with Crippen molar-refractivity contribution in [3.05, 3.63) is 131 Å². The Labute approximate surface area is 350 Å². The van der Waals surface area contributed by atoms with E-state index in [9.17, 15) is 39.6 Å². The van der Waals surface area contributed by atoms with Crippen LogP contribution < -0.4 is 31.9 Å². The number of aliphatic hydroxyl groups is 3. The Kier molecular flexibility index (Phi) is 11.8. The first-order valence-electron chi connectivity index (χ1n) is 20.3. The van der Waals surface area contributed by atoms with Crippen LogP contribution in [0.4, 0.5) is 11.4 Å². The molecule has 2 unspecified atom stereocenters. The maximum atomic E-state index is 14.5. The SMILES string of the molecule is CN(C)c1cc(NC(=O)CCCCC[PH](c2ccccc2)(c2ccccc2)c2ccccc2)c(O)c2c1CC1CC3[C@H](N(C)C)C(O)=C(C(N)=O)C(=O)[C@@]3(O)C(O)=C1C2=O. The van der Waals surface area contributed by atoms with E-state index in [1.165, 1.54) is 20.8 Å². The maximum absolute atomic E-state index is 14.5. The van der Waals surface area contributed by atoms with Crippen LogP contribution in [0, 0.1) is 11.8 Å². The van der Waals surface area contributed by atoms with Crippen LogP contribution in [0.25, 0.3) is 0 Å². The van der Waals surface area contributed by atoms with Gasteiger partial charge in [0.25, 0.3) is 5.91 Å². The average molecular weight is 833 g/mol. The zero-order chi connectivity index (χ0) is 43.1. The van der Waals surface area contributed by atoms with Crippen LogP contribution in [-0.2, 0) is 20.8 Å². The van der Waals surface area contributed by atoms with Gasteiger partial charge in [0.05, 0.1) is 6.04 Å². The van der Waals surface area contributed by atoms with Crippen LogP contribution in [0.3, 0.4) is 0 Å². The summed E-state index contributed by atoms with van der Waals surface area (Å²) < 4.78 is 0. The van der Waals surface area contributed by atoms with Crippen molar-refractivity contribution in [3.8, 4) is 5.75 Å². The normalized spacial score (nSPS) is 21.6. The van der Waals surface area contributed by atoms with Crippen molar-refractivity contribution in [1.82, 2.24) is 4.90 Å². The number of unbranched alkanes of at least 4 members (excludes halogenated alkanes) is 2. The van der Waals surface area contributed by atoms with Gasteiger partial charge in [-0.2, -0.15) is 0 Å². The Morgan fingerprint density at radius 2 is 1.38 bits per heavy atom. The molecule has 0 aromatic heterocycles. The average Bonchev–Trinajstić information content (AvgIpc) is 3.22. The van der Waals surface area contributed by atoms with E-state index in [2.05, 4.69) is 78.1 Å². The number of amides is 2. The number of allylic oxidation sites excluding steroid dienone is 1. The molecule has 12 nitrogen and oxygen atoms in total. The number of carbonyl (C=O) groups is 4. The predicted octanol–water partition coefficient (Wildman–Crippen LogP) is 4.41. The fourth-order valence-electron chi connectivity index (χ4n) is 9.96. The van der Waals surface area contributed by atoms with Crippen molar-refractivity contribution >= 4 is 57.9 Å². The predicted molar refractivity (Wildman–Crippen MR) is 237 cm³/mol. The minimum atomic E-state index is -2.75. The van der Waals surface area contributed by atoms with Gasteiger partial charge < -0.3 is 21.1 Å². The number of Topliss-reactive ketones (excluding diaryl/α,β-unsaturated/α-hetero) is 2. The molecule has 0 saturated carbocycles. The molecule has 60 heavy (non-hydrogen) atoms. The number of hydrogen-bond acceptors (Lipinski definition) is 10. The number of phenolic OH excluding ortho intramolecular Hbond substituents is 1. The molecule has 4 aromatic rings. The van der Waals surface area contributed by atoms with Gasteiger partial charge >= 0.3 is 243 Å². The molecule has 314 valence electrons. The van der Waals surface area contributed by atoms with E-state index in [0.29, 0.717) is 17.7 Å². The number of aliphatic hydroxyl groups excluding tert-OH is 2. The summed E-state index contributed by atoms with van der Waals surface area (Å²) in [5, 5.41) is 53.2. The number of primary amides is 1. The number of nitrogens with one attached hydrogen (secondary N) is 1. The van der Waals surface area contributed by atoms with Crippen LogP contribution in [0.15, 0.2) is 120 Å². The first-order chi connectivity index (χ1) is 28.6. The van der Waals surface area contributed by atoms with E-state index < -0.39 is 71.1 Å². The van der Waals surface area contributed by atoms with E-state index in [4.69, 9.17) is 5.73 Å². The minimum absolute atomic E-state index is 0.00989. The van der Waals surface area contributed by atoms with E-state index >= 15 is 0 Å². The summed E-state index contributed by atoms with van der Waals surface area (Å²) in [5.41, 5.74) is 2.46. The number of benzene rings is 4. The van der Waals surface area contributed by atoms with Gasteiger partial charge in [0, 0.05) is 5.92 Å². The number of hydrogen-bond donors (Lipinski definition) is 6. The molecule has 0 spiro atoms. The van der Waals surface area contributed by atoms with Gasteiger partial charge in [-0.3, -0.25) is 14.5 Å². The molecule has 7 N–H and O–H groups in total. The van der Waals surface area contributed by atoms with E-state index in [1.54, 1.807) is 39.2 Å². The van der Waals surface area contributed by atoms with Gasteiger partial charge in [0.2, 0.25) is 5.78 Å². The van der Waals surface area contributed by atoms with Crippen molar-refractivity contribution < 1.29 is 39.6 Å². The van der Waals surface area contributed by atoms with E-state index in [1.807, 2.05) is 18.2 Å². The van der Waals surface area contributed by atoms with Crippen LogP contribution >= 0.6 is 7.26 Å². The third-order valence-electron chi connectivity index (χ3n) is 12.7. The number of fused-ring (bicyclic) bond motifs is 3. The molecular formula is C47H53N4O8P. The molecular weight excluding hydrogens is 780 g/mol. The Morgan fingerprint density at radius 3 is 1.88 bits per heavy atom. The summed E-state index contributed by atoms with van der Waals surface area (Å²) in [6.45, 7) is 0. The molecule has 4 atom stereocenters. The molecule has 0 radical (unpaired) electrons. The van der Waals surface area contributed by atoms with Gasteiger partial charge in [-0.1, -0.05) is 0 Å². The second-order valence-corrected chi connectivity index (χ2v) is 20.7. The van der Waals surface area contributed by atoms with Crippen molar-refractivity contribution in [2.45, 2.75) is 50.2 Å². The number of nitrogens with two attached hydrogens (primary N) is 1. The molecule has 0 aliphatic heterocycles. The summed E-state index contributed by atoms with van der Waals surface area (Å²) in [6.07, 6.45) is 3.45. The molecule has 0 bridgehead atoms. The summed E-state index contributed by atoms with van der Waals surface area (Å²) in [6, 6.07) is 32.5. The number of carbonyl (C=O) groups excluding carboxylic acids is 4. The van der Waals surface area contributed by atoms with Crippen LogP contribution in [-0.4, -0.2) is 94.7 Å². The van der Waals surface area contributed by atoms with E-state index in [-0.39, 0.29) is 42.0 Å². The monoisotopic (exact) mass is 832 g/mol. The van der Waals surface area contributed by atoms with Crippen molar-refractivity contribution in [2.75, 3.05) is 44.6 Å². The van der Waals surface area contributed by atoms with Crippen molar-refractivity contribution in [3.63, 3.8) is 0 Å². The van der Waals surface area contributed by atoms with Crippen LogP contribution in [0.2, 0.25) is 0 Å². The van der Waals surface area contributed by atoms with Crippen LogP contribution in [0.5, 0.6) is 5.75 Å². The zero-order valence-electron chi connectivity index (χ0n) is 34.3. The zero-order valence-corrected chi connectivity index (χ0v) is 35.3. The summed E-state index contributed by atoms with van der Waals surface area (Å²) >= 11 is 0. The number of likely N-dealkylation sites (N-methyl/N-ethyl adjacent to an activating group) is 1. The molecule has 0 saturated heterocycles. The molecule has 13 heteroatoms. The Bertz CT molecular complexity index is 2300. The van der Waals surface area contributed by atoms with Crippen molar-refractivity contribution in [2.24, 2.45) is 17.6 Å². The van der Waals surface area contributed by atoms with Gasteiger partial charge in [-0.15, -0.1) is 0 Å². The fraction of sp³-hybridized carbons (Fsp3) is 0.319. The first kappa shape index (κ1) is 42.3. The number of phenols is 1. The van der Waals surface area contributed by atoms with Crippen LogP contribution in [0.1, 0.15) is 48.0 Å². The van der Waals surface area contributed by atoms with E-state index in [0.717, 1.165) is 19.0 Å². The summed E-state index contributed by atoms with van der Waals surface area (Å²) in [5.74, 6) is -7.67. The number of rotatable bonds is 13. The second-order valence-electron chi connectivity index (χ2n) is 16.6. The standard InChI is InChI=1S/C47H53N4O8P/c1-50(2)35-27-34(49-36(52)23-15-8-16-24-60(29-17-9-5-10-18-29,30-19-11-6-12-20-30)31-21-13-7-14-22-31)41(53)38-32(35)25-28-26-33-40(51(3)4)43(55)39(46(48)58)45(57)47(33,59)44(56)37(28)42(38)54/h5-7,9-14,17-22,27-28,33,40,53,55-56,59-60H,8,15-16,23-26H2,1-4H3,(H2,48,58)(H,49,52)/t28?,33?,40-,47-/m0/s1. The molecule has 2 amide bonds. The third kappa shape index (κ3) is 7.06. The summed E-state index contributed by atoms with van der Waals surface area (Å²) in [7, 11) is 4.28.